The van der Waals surface area contributed by atoms with E-state index in [1.807, 2.05) is 5.43 Å². The van der Waals surface area contributed by atoms with Gasteiger partial charge in [-0.2, -0.15) is 13.2 Å². The highest BCUT2D eigenvalue weighted by molar-refractivity contribution is 6.30. The van der Waals surface area contributed by atoms with E-state index in [0.29, 0.717) is 6.92 Å². The summed E-state index contributed by atoms with van der Waals surface area (Å²) < 4.78 is 37.1. The Kier molecular flexibility index (Phi) is 5.19. The van der Waals surface area contributed by atoms with Crippen molar-refractivity contribution in [1.82, 2.24) is 10.9 Å². The third kappa shape index (κ3) is 4.91. The molecule has 0 saturated heterocycles. The zero-order valence-electron chi connectivity index (χ0n) is 10.8. The van der Waals surface area contributed by atoms with Crippen molar-refractivity contribution in [2.75, 3.05) is 0 Å². The van der Waals surface area contributed by atoms with Crippen LogP contribution in [0.1, 0.15) is 23.7 Å². The van der Waals surface area contributed by atoms with Crippen molar-refractivity contribution in [3.8, 4) is 0 Å². The average Bonchev–Trinajstić information content (AvgIpc) is 2.34. The molecule has 1 aromatic carbocycles. The molecular formula is C12H12ClF3N2O3. The maximum Gasteiger partial charge on any atom is 0.417 e. The first-order valence-corrected chi connectivity index (χ1v) is 6.04. The first-order valence-electron chi connectivity index (χ1n) is 5.67. The molecule has 0 saturated carbocycles. The van der Waals surface area contributed by atoms with Gasteiger partial charge in [0.2, 0.25) is 5.91 Å². The summed E-state index contributed by atoms with van der Waals surface area (Å²) in [6, 6.07) is 5.74. The highest BCUT2D eigenvalue weighted by Crippen LogP contribution is 2.32. The predicted octanol–water partition coefficient (Wildman–Crippen LogP) is 1.80. The van der Waals surface area contributed by atoms with Crippen molar-refractivity contribution in [2.24, 2.45) is 0 Å². The summed E-state index contributed by atoms with van der Waals surface area (Å²) >= 11 is 5.66. The lowest BCUT2D eigenvalue weighted by molar-refractivity contribution is -0.253. The lowest BCUT2D eigenvalue weighted by Gasteiger charge is -2.25. The maximum absolute atomic E-state index is 12.4. The largest absolute Gasteiger partial charge is 0.417 e. The van der Waals surface area contributed by atoms with E-state index in [1.165, 1.54) is 24.3 Å². The van der Waals surface area contributed by atoms with E-state index in [0.717, 1.165) is 0 Å². The number of rotatable bonds is 3. The topological polar surface area (TPSA) is 78.4 Å². The van der Waals surface area contributed by atoms with E-state index in [2.05, 4.69) is 0 Å². The molecule has 0 fully saturated rings. The summed E-state index contributed by atoms with van der Waals surface area (Å²) in [4.78, 5) is 22.9. The van der Waals surface area contributed by atoms with Gasteiger partial charge in [0.25, 0.3) is 5.91 Å². The summed E-state index contributed by atoms with van der Waals surface area (Å²) in [5.74, 6) is -1.94. The number of halogens is 4. The van der Waals surface area contributed by atoms with E-state index >= 15 is 0 Å². The number of nitrogens with one attached hydrogen (secondary N) is 2. The molecule has 0 radical (unpaired) electrons. The molecule has 3 N–H and O–H groups in total. The first-order chi connectivity index (χ1) is 9.53. The second-order valence-electron chi connectivity index (χ2n) is 4.46. The van der Waals surface area contributed by atoms with Gasteiger partial charge in [0, 0.05) is 10.6 Å². The molecule has 0 heterocycles. The smallest absolute Gasteiger partial charge is 0.380 e. The van der Waals surface area contributed by atoms with Crippen LogP contribution in [-0.2, 0) is 4.79 Å². The van der Waals surface area contributed by atoms with E-state index in [9.17, 15) is 22.8 Å². The summed E-state index contributed by atoms with van der Waals surface area (Å²) in [6.07, 6.45) is -6.20. The van der Waals surface area contributed by atoms with Crippen LogP contribution in [-0.4, -0.2) is 28.7 Å². The molecule has 1 rings (SSSR count). The molecule has 21 heavy (non-hydrogen) atoms. The molecule has 0 aliphatic rings. The van der Waals surface area contributed by atoms with Gasteiger partial charge in [-0.1, -0.05) is 17.7 Å². The second kappa shape index (κ2) is 6.31. The van der Waals surface area contributed by atoms with Crippen molar-refractivity contribution in [3.63, 3.8) is 0 Å². The van der Waals surface area contributed by atoms with Crippen molar-refractivity contribution >= 4 is 23.4 Å². The van der Waals surface area contributed by atoms with E-state index < -0.39 is 30.0 Å². The van der Waals surface area contributed by atoms with Crippen LogP contribution in [0.25, 0.3) is 0 Å². The molecule has 1 atom stereocenters. The number of hydrogen-bond donors (Lipinski definition) is 3. The van der Waals surface area contributed by atoms with Gasteiger partial charge in [-0.25, -0.2) is 0 Å². The standard InChI is InChI=1S/C12H12ClF3N2O3/c1-11(21,12(14,15)16)6-9(19)17-18-10(20)7-3-2-4-8(13)5-7/h2-5,21H,6H2,1H3,(H,17,19)(H,18,20)/t11-/m0/s1. The van der Waals surface area contributed by atoms with E-state index in [4.69, 9.17) is 16.7 Å². The number of alkyl halides is 3. The van der Waals surface area contributed by atoms with Crippen molar-refractivity contribution in [2.45, 2.75) is 25.1 Å². The minimum absolute atomic E-state index is 0.116. The number of aliphatic hydroxyl groups is 1. The van der Waals surface area contributed by atoms with Crippen LogP contribution in [0.3, 0.4) is 0 Å². The lowest BCUT2D eigenvalue weighted by atomic mass is 10.0. The fourth-order valence-corrected chi connectivity index (χ4v) is 1.48. The van der Waals surface area contributed by atoms with Gasteiger partial charge in [0.1, 0.15) is 0 Å². The molecule has 1 aromatic rings. The third-order valence-corrected chi connectivity index (χ3v) is 2.75. The Morgan fingerprint density at radius 3 is 2.43 bits per heavy atom. The van der Waals surface area contributed by atoms with Crippen molar-refractivity contribution in [1.29, 1.82) is 0 Å². The van der Waals surface area contributed by atoms with Crippen molar-refractivity contribution in [3.05, 3.63) is 34.9 Å². The van der Waals surface area contributed by atoms with Crippen LogP contribution in [0.2, 0.25) is 5.02 Å². The minimum atomic E-state index is -4.96. The van der Waals surface area contributed by atoms with Gasteiger partial charge < -0.3 is 5.11 Å². The molecule has 116 valence electrons. The van der Waals surface area contributed by atoms with Gasteiger partial charge in [-0.05, 0) is 25.1 Å². The second-order valence-corrected chi connectivity index (χ2v) is 4.90. The molecular weight excluding hydrogens is 313 g/mol. The van der Waals surface area contributed by atoms with Crippen LogP contribution in [0.5, 0.6) is 0 Å². The fraction of sp³-hybridized carbons (Fsp3) is 0.333. The average molecular weight is 325 g/mol. The SMILES string of the molecule is C[C@](O)(CC(=O)NNC(=O)c1cccc(Cl)c1)C(F)(F)F. The predicted molar refractivity (Wildman–Crippen MR) is 68.4 cm³/mol. The quantitative estimate of drug-likeness (QED) is 0.742. The minimum Gasteiger partial charge on any atom is -0.380 e. The Balaban J connectivity index is 2.56. The number of carbonyl (C=O) groups is 2. The summed E-state index contributed by atoms with van der Waals surface area (Å²) in [5.41, 5.74) is 0.645. The summed E-state index contributed by atoms with van der Waals surface area (Å²) in [7, 11) is 0. The number of carbonyl (C=O) groups excluding carboxylic acids is 2. The molecule has 0 aromatic heterocycles. The Morgan fingerprint density at radius 2 is 1.90 bits per heavy atom. The highest BCUT2D eigenvalue weighted by atomic mass is 35.5. The number of benzene rings is 1. The normalized spacial score (nSPS) is 14.2. The van der Waals surface area contributed by atoms with Crippen LogP contribution >= 0.6 is 11.6 Å². The molecule has 2 amide bonds. The molecule has 0 aliphatic carbocycles. The third-order valence-electron chi connectivity index (χ3n) is 2.52. The van der Waals surface area contributed by atoms with Gasteiger partial charge in [0.15, 0.2) is 5.60 Å². The summed E-state index contributed by atoms with van der Waals surface area (Å²) in [6.45, 7) is 0.464. The first kappa shape index (κ1) is 17.3. The zero-order valence-corrected chi connectivity index (χ0v) is 11.5. The number of hydrogen-bond acceptors (Lipinski definition) is 3. The van der Waals surface area contributed by atoms with Crippen LogP contribution < -0.4 is 10.9 Å². The molecule has 0 unspecified atom stereocenters. The molecule has 9 heteroatoms. The van der Waals surface area contributed by atoms with Gasteiger partial charge >= 0.3 is 6.18 Å². The Bertz CT molecular complexity index is 547. The lowest BCUT2D eigenvalue weighted by Crippen LogP contribution is -2.49. The highest BCUT2D eigenvalue weighted by Gasteiger charge is 2.51. The Hall–Kier alpha value is -1.80. The molecule has 0 aliphatic heterocycles. The zero-order chi connectivity index (χ0) is 16.3. The monoisotopic (exact) mass is 324 g/mol. The molecule has 0 spiro atoms. The van der Waals surface area contributed by atoms with Gasteiger partial charge in [-0.15, -0.1) is 0 Å². The van der Waals surface area contributed by atoms with Crippen LogP contribution in [0.4, 0.5) is 13.2 Å². The summed E-state index contributed by atoms with van der Waals surface area (Å²) in [5, 5.41) is 9.41. The fourth-order valence-electron chi connectivity index (χ4n) is 1.29. The van der Waals surface area contributed by atoms with Gasteiger partial charge in [-0.3, -0.25) is 20.4 Å². The van der Waals surface area contributed by atoms with E-state index in [-0.39, 0.29) is 10.6 Å². The maximum atomic E-state index is 12.4. The number of hydrazine groups is 1. The van der Waals surface area contributed by atoms with Crippen LogP contribution in [0.15, 0.2) is 24.3 Å². The van der Waals surface area contributed by atoms with Crippen LogP contribution in [0, 0.1) is 0 Å². The van der Waals surface area contributed by atoms with Gasteiger partial charge in [0.05, 0.1) is 6.42 Å². The Labute approximate surface area is 123 Å². The van der Waals surface area contributed by atoms with Crippen molar-refractivity contribution < 1.29 is 27.9 Å². The molecule has 0 bridgehead atoms. The van der Waals surface area contributed by atoms with E-state index in [1.54, 1.807) is 5.43 Å². The number of amides is 2. The molecule has 5 nitrogen and oxygen atoms in total. The Morgan fingerprint density at radius 1 is 1.29 bits per heavy atom.